The van der Waals surface area contributed by atoms with Gasteiger partial charge < -0.3 is 4.90 Å². The number of hydrogen-bond acceptors (Lipinski definition) is 4. The molecule has 1 aromatic heterocycles. The normalized spacial score (nSPS) is 25.1. The third-order valence-electron chi connectivity index (χ3n) is 3.24. The standard InChI is InChI=1S/C13H20N2OS/c1-8-5-9(2)7-15(6-8)13-14-10(3)12(17-13)11(4)16/h8-9H,5-7H2,1-4H3. The molecule has 0 bridgehead atoms. The summed E-state index contributed by atoms with van der Waals surface area (Å²) in [6.07, 6.45) is 1.29. The molecule has 4 heteroatoms. The molecule has 0 amide bonds. The number of aromatic nitrogens is 1. The second-order valence-electron chi connectivity index (χ2n) is 5.32. The summed E-state index contributed by atoms with van der Waals surface area (Å²) in [4.78, 5) is 19.1. The Morgan fingerprint density at radius 2 is 1.94 bits per heavy atom. The summed E-state index contributed by atoms with van der Waals surface area (Å²) in [5.74, 6) is 1.55. The number of ketones is 1. The Morgan fingerprint density at radius 1 is 1.35 bits per heavy atom. The van der Waals surface area contributed by atoms with Crippen LogP contribution in [-0.4, -0.2) is 23.9 Å². The van der Waals surface area contributed by atoms with Crippen molar-refractivity contribution in [3.63, 3.8) is 0 Å². The smallest absolute Gasteiger partial charge is 0.186 e. The fourth-order valence-electron chi connectivity index (χ4n) is 2.66. The minimum absolute atomic E-state index is 0.129. The lowest BCUT2D eigenvalue weighted by Crippen LogP contribution is -2.38. The van der Waals surface area contributed by atoms with Gasteiger partial charge in [-0.3, -0.25) is 4.79 Å². The molecule has 1 fully saturated rings. The highest BCUT2D eigenvalue weighted by atomic mass is 32.1. The number of carbonyl (C=O) groups excluding carboxylic acids is 1. The molecule has 1 aliphatic heterocycles. The SMILES string of the molecule is CC(=O)c1sc(N2CC(C)CC(C)C2)nc1C. The van der Waals surface area contributed by atoms with Gasteiger partial charge in [-0.1, -0.05) is 25.2 Å². The zero-order chi connectivity index (χ0) is 12.6. The van der Waals surface area contributed by atoms with E-state index in [1.165, 1.54) is 6.42 Å². The largest absolute Gasteiger partial charge is 0.348 e. The Hall–Kier alpha value is -0.900. The van der Waals surface area contributed by atoms with Crippen LogP contribution >= 0.6 is 11.3 Å². The molecule has 2 unspecified atom stereocenters. The maximum Gasteiger partial charge on any atom is 0.186 e. The first-order valence-corrected chi connectivity index (χ1v) is 7.02. The fraction of sp³-hybridized carbons (Fsp3) is 0.692. The molecule has 17 heavy (non-hydrogen) atoms. The lowest BCUT2D eigenvalue weighted by atomic mass is 9.92. The molecule has 1 saturated heterocycles. The van der Waals surface area contributed by atoms with E-state index >= 15 is 0 Å². The Labute approximate surface area is 107 Å². The summed E-state index contributed by atoms with van der Waals surface area (Å²) in [6, 6.07) is 0. The van der Waals surface area contributed by atoms with Gasteiger partial charge in [0.1, 0.15) is 0 Å². The van der Waals surface area contributed by atoms with Crippen molar-refractivity contribution in [2.24, 2.45) is 11.8 Å². The number of Topliss-reactive ketones (excluding diaryl/α,β-unsaturated/α-hetero) is 1. The van der Waals surface area contributed by atoms with Gasteiger partial charge in [-0.2, -0.15) is 0 Å². The highest BCUT2D eigenvalue weighted by Crippen LogP contribution is 2.31. The van der Waals surface area contributed by atoms with Crippen LogP contribution in [0.4, 0.5) is 5.13 Å². The first-order chi connectivity index (χ1) is 7.97. The zero-order valence-corrected chi connectivity index (χ0v) is 11.8. The Bertz CT molecular complexity index is 417. The first-order valence-electron chi connectivity index (χ1n) is 6.20. The van der Waals surface area contributed by atoms with E-state index in [4.69, 9.17) is 0 Å². The molecule has 0 spiro atoms. The van der Waals surface area contributed by atoms with Crippen molar-refractivity contribution in [3.8, 4) is 0 Å². The van der Waals surface area contributed by atoms with Crippen LogP contribution in [0.1, 0.15) is 42.6 Å². The van der Waals surface area contributed by atoms with Gasteiger partial charge in [0.05, 0.1) is 10.6 Å². The van der Waals surface area contributed by atoms with Gasteiger partial charge in [-0.15, -0.1) is 0 Å². The Kier molecular flexibility index (Phi) is 3.52. The lowest BCUT2D eigenvalue weighted by molar-refractivity contribution is 0.102. The number of rotatable bonds is 2. The van der Waals surface area contributed by atoms with E-state index in [0.29, 0.717) is 11.8 Å². The minimum atomic E-state index is 0.129. The summed E-state index contributed by atoms with van der Waals surface area (Å²) in [5, 5.41) is 1.02. The molecule has 1 aliphatic rings. The highest BCUT2D eigenvalue weighted by Gasteiger charge is 2.25. The summed E-state index contributed by atoms with van der Waals surface area (Å²) < 4.78 is 0. The van der Waals surface area contributed by atoms with E-state index in [1.54, 1.807) is 18.3 Å². The molecule has 0 aromatic carbocycles. The molecule has 2 rings (SSSR count). The minimum Gasteiger partial charge on any atom is -0.348 e. The number of carbonyl (C=O) groups is 1. The lowest BCUT2D eigenvalue weighted by Gasteiger charge is -2.34. The van der Waals surface area contributed by atoms with Crippen molar-refractivity contribution in [2.45, 2.75) is 34.1 Å². The number of hydrogen-bond donors (Lipinski definition) is 0. The number of aryl methyl sites for hydroxylation is 1. The third kappa shape index (κ3) is 2.68. The predicted octanol–water partition coefficient (Wildman–Crippen LogP) is 3.14. The quantitative estimate of drug-likeness (QED) is 0.758. The average Bonchev–Trinajstić information content (AvgIpc) is 2.59. The van der Waals surface area contributed by atoms with Crippen LogP contribution in [0.5, 0.6) is 0 Å². The van der Waals surface area contributed by atoms with E-state index in [2.05, 4.69) is 23.7 Å². The van der Waals surface area contributed by atoms with Crippen LogP contribution < -0.4 is 4.90 Å². The topological polar surface area (TPSA) is 33.2 Å². The van der Waals surface area contributed by atoms with Gasteiger partial charge in [0.2, 0.25) is 0 Å². The van der Waals surface area contributed by atoms with Crippen LogP contribution in [0.3, 0.4) is 0 Å². The molecule has 1 aromatic rings. The summed E-state index contributed by atoms with van der Waals surface area (Å²) in [7, 11) is 0. The monoisotopic (exact) mass is 252 g/mol. The highest BCUT2D eigenvalue weighted by molar-refractivity contribution is 7.17. The third-order valence-corrected chi connectivity index (χ3v) is 4.56. The first kappa shape index (κ1) is 12.6. The van der Waals surface area contributed by atoms with Gasteiger partial charge in [-0.25, -0.2) is 4.98 Å². The van der Waals surface area contributed by atoms with E-state index in [-0.39, 0.29) is 5.78 Å². The van der Waals surface area contributed by atoms with Crippen molar-refractivity contribution < 1.29 is 4.79 Å². The van der Waals surface area contributed by atoms with Crippen LogP contribution in [0.25, 0.3) is 0 Å². The van der Waals surface area contributed by atoms with Crippen molar-refractivity contribution in [1.82, 2.24) is 4.98 Å². The van der Waals surface area contributed by atoms with E-state index < -0.39 is 0 Å². The Balaban J connectivity index is 2.22. The molecule has 0 N–H and O–H groups in total. The van der Waals surface area contributed by atoms with E-state index in [1.807, 2.05) is 6.92 Å². The zero-order valence-electron chi connectivity index (χ0n) is 11.0. The van der Waals surface area contributed by atoms with E-state index in [0.717, 1.165) is 28.8 Å². The summed E-state index contributed by atoms with van der Waals surface area (Å²) in [6.45, 7) is 10.2. The van der Waals surface area contributed by atoms with Crippen LogP contribution in [0.2, 0.25) is 0 Å². The van der Waals surface area contributed by atoms with Crippen LogP contribution in [-0.2, 0) is 0 Å². The van der Waals surface area contributed by atoms with Gasteiger partial charge in [-0.05, 0) is 25.2 Å². The van der Waals surface area contributed by atoms with Crippen molar-refractivity contribution in [2.75, 3.05) is 18.0 Å². The van der Waals surface area contributed by atoms with Gasteiger partial charge in [0.25, 0.3) is 0 Å². The number of thiazole rings is 1. The molecule has 0 saturated carbocycles. The maximum absolute atomic E-state index is 11.4. The van der Waals surface area contributed by atoms with Gasteiger partial charge in [0, 0.05) is 20.0 Å². The van der Waals surface area contributed by atoms with Crippen LogP contribution in [0, 0.1) is 18.8 Å². The van der Waals surface area contributed by atoms with Gasteiger partial charge >= 0.3 is 0 Å². The molecule has 2 atom stereocenters. The second kappa shape index (κ2) is 4.77. The van der Waals surface area contributed by atoms with Gasteiger partial charge in [0.15, 0.2) is 10.9 Å². The van der Waals surface area contributed by atoms with Crippen molar-refractivity contribution in [3.05, 3.63) is 10.6 Å². The molecular formula is C13H20N2OS. The van der Waals surface area contributed by atoms with Crippen molar-refractivity contribution in [1.29, 1.82) is 0 Å². The van der Waals surface area contributed by atoms with Crippen molar-refractivity contribution >= 4 is 22.3 Å². The summed E-state index contributed by atoms with van der Waals surface area (Å²) in [5.41, 5.74) is 0.878. The molecule has 2 heterocycles. The summed E-state index contributed by atoms with van der Waals surface area (Å²) >= 11 is 1.54. The average molecular weight is 252 g/mol. The number of piperidine rings is 1. The molecule has 0 radical (unpaired) electrons. The second-order valence-corrected chi connectivity index (χ2v) is 6.30. The van der Waals surface area contributed by atoms with Crippen LogP contribution in [0.15, 0.2) is 0 Å². The number of anilines is 1. The maximum atomic E-state index is 11.4. The molecular weight excluding hydrogens is 232 g/mol. The molecule has 94 valence electrons. The Morgan fingerprint density at radius 3 is 2.41 bits per heavy atom. The molecule has 3 nitrogen and oxygen atoms in total. The predicted molar refractivity (Wildman–Crippen MR) is 72.0 cm³/mol. The molecule has 0 aliphatic carbocycles. The van der Waals surface area contributed by atoms with E-state index in [9.17, 15) is 4.79 Å². The number of nitrogens with zero attached hydrogens (tertiary/aromatic N) is 2. The fourth-order valence-corrected chi connectivity index (χ4v) is 3.64.